The topological polar surface area (TPSA) is 228 Å². The highest BCUT2D eigenvalue weighted by molar-refractivity contribution is 6.02. The summed E-state index contributed by atoms with van der Waals surface area (Å²) in [6, 6.07) is 9.08. The standard InChI is InChI=1S/C30H31FN8O9/c1-17(2)15-46-29(41)36-25(32)18-5-7-19(8-6-18)35-24(21-13-20(44-3)14-22(23(21)31)45-12-11-40)26-37-28(47-16-48-30(42)43)39(38-26)27-33-9-4-10-34-27/h4-10,13-14,24,35,40H,1,11-12,15-16H2,2-3H3,(H,42,43)(H2,32,36,41)/t24-/m1/s1. The van der Waals surface area contributed by atoms with E-state index in [0.717, 1.165) is 4.68 Å². The molecule has 4 aromatic rings. The number of aliphatic hydroxyl groups excluding tert-OH is 1. The number of nitrogens with zero attached hydrogens (tertiary/aromatic N) is 6. The first-order valence-corrected chi connectivity index (χ1v) is 14.0. The smallest absolute Gasteiger partial charge is 0.497 e. The van der Waals surface area contributed by atoms with Gasteiger partial charge in [0.05, 0.1) is 13.7 Å². The second-order valence-corrected chi connectivity index (χ2v) is 9.65. The van der Waals surface area contributed by atoms with Crippen LogP contribution in [0.25, 0.3) is 5.95 Å². The van der Waals surface area contributed by atoms with Crippen LogP contribution in [0.5, 0.6) is 17.5 Å². The summed E-state index contributed by atoms with van der Waals surface area (Å²) in [4.78, 5) is 39.3. The molecule has 0 saturated heterocycles. The molecule has 18 heteroatoms. The lowest BCUT2D eigenvalue weighted by atomic mass is 10.0. The molecule has 2 aromatic carbocycles. The third kappa shape index (κ3) is 9.13. The summed E-state index contributed by atoms with van der Waals surface area (Å²) in [5, 5.41) is 25.8. The molecule has 0 aliphatic heterocycles. The van der Waals surface area contributed by atoms with Gasteiger partial charge in [0.2, 0.25) is 6.79 Å². The molecule has 2 aromatic heterocycles. The van der Waals surface area contributed by atoms with Crippen molar-refractivity contribution in [2.45, 2.75) is 13.0 Å². The number of anilines is 1. The summed E-state index contributed by atoms with van der Waals surface area (Å²) >= 11 is 0. The number of methoxy groups -OCH3 is 1. The van der Waals surface area contributed by atoms with Crippen molar-refractivity contribution in [3.63, 3.8) is 0 Å². The van der Waals surface area contributed by atoms with Crippen LogP contribution in [0.4, 0.5) is 19.7 Å². The van der Waals surface area contributed by atoms with E-state index in [1.54, 1.807) is 37.3 Å². The maximum absolute atomic E-state index is 16.1. The summed E-state index contributed by atoms with van der Waals surface area (Å²) in [5.74, 6) is -1.03. The van der Waals surface area contributed by atoms with E-state index in [0.29, 0.717) is 16.8 Å². The number of aromatic nitrogens is 5. The minimum absolute atomic E-state index is 0.000648. The molecule has 4 rings (SSSR count). The number of aliphatic imine (C=N–C) groups is 1. The molecule has 0 spiro atoms. The van der Waals surface area contributed by atoms with Crippen LogP contribution < -0.4 is 25.3 Å². The van der Waals surface area contributed by atoms with Crippen molar-refractivity contribution in [1.29, 1.82) is 0 Å². The molecule has 0 aliphatic rings. The molecule has 0 unspecified atom stereocenters. The van der Waals surface area contributed by atoms with Gasteiger partial charge in [-0.05, 0) is 48.9 Å². The van der Waals surface area contributed by atoms with Gasteiger partial charge in [0.1, 0.15) is 30.8 Å². The van der Waals surface area contributed by atoms with E-state index in [2.05, 4.69) is 41.7 Å². The minimum atomic E-state index is -1.59. The van der Waals surface area contributed by atoms with Gasteiger partial charge in [-0.1, -0.05) is 6.58 Å². The Balaban J connectivity index is 1.77. The van der Waals surface area contributed by atoms with Crippen molar-refractivity contribution in [2.75, 3.05) is 39.0 Å². The number of hydrogen-bond donors (Lipinski definition) is 4. The van der Waals surface area contributed by atoms with Crippen molar-refractivity contribution in [3.8, 4) is 23.5 Å². The predicted molar refractivity (Wildman–Crippen MR) is 166 cm³/mol. The first-order valence-electron chi connectivity index (χ1n) is 14.0. The van der Waals surface area contributed by atoms with Crippen LogP contribution in [0.2, 0.25) is 0 Å². The average Bonchev–Trinajstić information content (AvgIpc) is 3.50. The summed E-state index contributed by atoms with van der Waals surface area (Å²) in [7, 11) is 1.38. The molecule has 252 valence electrons. The second kappa shape index (κ2) is 16.3. The number of halogens is 1. The maximum Gasteiger partial charge on any atom is 0.508 e. The summed E-state index contributed by atoms with van der Waals surface area (Å²) in [5.41, 5.74) is 7.36. The number of benzene rings is 2. The lowest BCUT2D eigenvalue weighted by Crippen LogP contribution is -2.18. The van der Waals surface area contributed by atoms with E-state index in [1.807, 2.05) is 0 Å². The monoisotopic (exact) mass is 666 g/mol. The number of amidine groups is 1. The second-order valence-electron chi connectivity index (χ2n) is 9.65. The molecule has 1 atom stereocenters. The number of carboxylic acid groups (broad SMARTS) is 1. The van der Waals surface area contributed by atoms with Crippen molar-refractivity contribution in [1.82, 2.24) is 24.7 Å². The molecule has 48 heavy (non-hydrogen) atoms. The highest BCUT2D eigenvalue weighted by atomic mass is 19.1. The summed E-state index contributed by atoms with van der Waals surface area (Å²) in [6.07, 6.45) is 0.380. The Morgan fingerprint density at radius 2 is 1.88 bits per heavy atom. The molecular weight excluding hydrogens is 635 g/mol. The van der Waals surface area contributed by atoms with Crippen LogP contribution >= 0.6 is 0 Å². The first-order chi connectivity index (χ1) is 23.1. The Morgan fingerprint density at radius 1 is 1.15 bits per heavy atom. The molecule has 0 saturated carbocycles. The number of aliphatic hydroxyl groups is 1. The van der Waals surface area contributed by atoms with Gasteiger partial charge in [0.15, 0.2) is 17.4 Å². The molecule has 5 N–H and O–H groups in total. The van der Waals surface area contributed by atoms with Gasteiger partial charge in [-0.15, -0.1) is 9.78 Å². The first kappa shape index (κ1) is 34.6. The van der Waals surface area contributed by atoms with E-state index < -0.39 is 30.9 Å². The van der Waals surface area contributed by atoms with Gasteiger partial charge in [0, 0.05) is 35.3 Å². The lowest BCUT2D eigenvalue weighted by molar-refractivity contribution is 0.0207. The zero-order chi connectivity index (χ0) is 34.6. The largest absolute Gasteiger partial charge is 0.508 e. The Kier molecular flexibility index (Phi) is 11.8. The third-order valence-corrected chi connectivity index (χ3v) is 6.05. The zero-order valence-electron chi connectivity index (χ0n) is 25.7. The fraction of sp³-hybridized carbons (Fsp3) is 0.233. The van der Waals surface area contributed by atoms with Crippen LogP contribution in [-0.2, 0) is 9.47 Å². The number of carbonyl (C=O) groups excluding carboxylic acids is 1. The van der Waals surface area contributed by atoms with Crippen molar-refractivity contribution in [2.24, 2.45) is 10.7 Å². The SMILES string of the molecule is C=C(C)COC(=O)N=C(N)c1ccc(N[C@@H](c2nc(OCOC(=O)O)n(-c3ncccn3)n2)c2cc(OC)cc(OCCO)c2F)cc1. The number of hydrogen-bond acceptors (Lipinski definition) is 13. The van der Waals surface area contributed by atoms with Gasteiger partial charge in [-0.3, -0.25) is 0 Å². The van der Waals surface area contributed by atoms with Crippen molar-refractivity contribution in [3.05, 3.63) is 89.8 Å². The van der Waals surface area contributed by atoms with Crippen LogP contribution in [-0.4, -0.2) is 86.8 Å². The average molecular weight is 667 g/mol. The number of rotatable bonds is 15. The van der Waals surface area contributed by atoms with Crippen LogP contribution in [0.1, 0.15) is 29.9 Å². The molecule has 1 amide bonds. The highest BCUT2D eigenvalue weighted by Gasteiger charge is 2.29. The maximum atomic E-state index is 16.1. The van der Waals surface area contributed by atoms with Gasteiger partial charge in [0.25, 0.3) is 5.95 Å². The highest BCUT2D eigenvalue weighted by Crippen LogP contribution is 2.36. The summed E-state index contributed by atoms with van der Waals surface area (Å²) < 4.78 is 42.8. The molecule has 17 nitrogen and oxygen atoms in total. The van der Waals surface area contributed by atoms with Gasteiger partial charge >= 0.3 is 18.3 Å². The molecule has 2 heterocycles. The summed E-state index contributed by atoms with van der Waals surface area (Å²) in [6.45, 7) is 4.01. The van der Waals surface area contributed by atoms with Crippen LogP contribution in [0, 0.1) is 5.82 Å². The molecule has 0 bridgehead atoms. The third-order valence-electron chi connectivity index (χ3n) is 6.05. The number of ether oxygens (including phenoxy) is 5. The molecule has 0 radical (unpaired) electrons. The van der Waals surface area contributed by atoms with Crippen molar-refractivity contribution < 1.29 is 47.9 Å². The number of nitrogens with one attached hydrogen (secondary N) is 1. The fourth-order valence-electron chi connectivity index (χ4n) is 3.94. The van der Waals surface area contributed by atoms with E-state index in [1.165, 1.54) is 31.6 Å². The Morgan fingerprint density at radius 3 is 2.52 bits per heavy atom. The molecule has 0 fully saturated rings. The Labute approximate surface area is 272 Å². The minimum Gasteiger partial charge on any atom is -0.497 e. The van der Waals surface area contributed by atoms with Gasteiger partial charge in [-0.2, -0.15) is 9.98 Å². The fourth-order valence-corrected chi connectivity index (χ4v) is 3.94. The van der Waals surface area contributed by atoms with Crippen LogP contribution in [0.15, 0.2) is 72.0 Å². The Bertz CT molecular complexity index is 1770. The lowest BCUT2D eigenvalue weighted by Gasteiger charge is -2.21. The van der Waals surface area contributed by atoms with Crippen LogP contribution in [0.3, 0.4) is 0 Å². The Hall–Kier alpha value is -6.30. The van der Waals surface area contributed by atoms with Gasteiger partial charge < -0.3 is 44.9 Å². The molecule has 0 aliphatic carbocycles. The van der Waals surface area contributed by atoms with E-state index in [9.17, 15) is 14.7 Å². The zero-order valence-corrected chi connectivity index (χ0v) is 25.7. The number of amides is 1. The predicted octanol–water partition coefficient (Wildman–Crippen LogP) is 3.23. The van der Waals surface area contributed by atoms with E-state index in [-0.39, 0.29) is 60.5 Å². The van der Waals surface area contributed by atoms with E-state index in [4.69, 9.17) is 29.8 Å². The van der Waals surface area contributed by atoms with Gasteiger partial charge in [-0.25, -0.2) is 23.9 Å². The quantitative estimate of drug-likeness (QED) is 0.0469. The number of nitrogens with two attached hydrogens (primary N) is 1. The molecular formula is C30H31FN8O9. The van der Waals surface area contributed by atoms with Crippen molar-refractivity contribution >= 4 is 23.8 Å². The number of carbonyl (C=O) groups is 2. The normalized spacial score (nSPS) is 11.7. The van der Waals surface area contributed by atoms with E-state index >= 15 is 4.39 Å².